The molecule has 1 aromatic carbocycles. The van der Waals surface area contributed by atoms with Gasteiger partial charge in [0.15, 0.2) is 0 Å². The van der Waals surface area contributed by atoms with E-state index in [0.717, 1.165) is 0 Å². The molecule has 8 heteroatoms. The number of benzene rings is 1. The van der Waals surface area contributed by atoms with E-state index < -0.39 is 11.9 Å². The highest BCUT2D eigenvalue weighted by molar-refractivity contribution is 6.30. The summed E-state index contributed by atoms with van der Waals surface area (Å²) in [6.07, 6.45) is 0.950. The fourth-order valence-electron chi connectivity index (χ4n) is 3.57. The minimum Gasteiger partial charge on any atom is -0.465 e. The van der Waals surface area contributed by atoms with E-state index in [1.807, 2.05) is 0 Å². The number of hydrogen-bond acceptors (Lipinski definition) is 4. The Labute approximate surface area is 129 Å². The molecule has 2 bridgehead atoms. The zero-order valence-corrected chi connectivity index (χ0v) is 12.0. The first-order valence-electron chi connectivity index (χ1n) is 6.72. The van der Waals surface area contributed by atoms with Crippen LogP contribution in [-0.2, 0) is 5.41 Å². The van der Waals surface area contributed by atoms with Crippen LogP contribution >= 0.6 is 11.6 Å². The predicted molar refractivity (Wildman–Crippen MR) is 74.1 cm³/mol. The number of rotatable bonds is 3. The molecule has 3 aliphatic carbocycles. The highest BCUT2D eigenvalue weighted by atomic mass is 35.5. The normalized spacial score (nSPS) is 28.6. The number of nitrogens with zero attached hydrogens (tertiary/aromatic N) is 2. The van der Waals surface area contributed by atoms with Gasteiger partial charge in [-0.25, -0.2) is 9.18 Å². The van der Waals surface area contributed by atoms with Gasteiger partial charge in [0, 0.05) is 11.1 Å². The molecule has 2 aromatic rings. The Morgan fingerprint density at radius 2 is 2.14 bits per heavy atom. The van der Waals surface area contributed by atoms with Gasteiger partial charge in [-0.15, -0.1) is 0 Å². The number of amides is 1. The third-order valence-corrected chi connectivity index (χ3v) is 4.77. The summed E-state index contributed by atoms with van der Waals surface area (Å²) in [4.78, 5) is 15.0. The van der Waals surface area contributed by atoms with Crippen LogP contribution in [0.5, 0.6) is 0 Å². The van der Waals surface area contributed by atoms with Gasteiger partial charge in [-0.1, -0.05) is 16.8 Å². The zero-order valence-electron chi connectivity index (χ0n) is 11.3. The molecule has 1 amide bonds. The lowest BCUT2D eigenvalue weighted by Gasteiger charge is -2.67. The third kappa shape index (κ3) is 1.81. The first kappa shape index (κ1) is 13.5. The first-order valence-corrected chi connectivity index (χ1v) is 7.10. The highest BCUT2D eigenvalue weighted by Crippen LogP contribution is 2.67. The number of halogens is 2. The van der Waals surface area contributed by atoms with Crippen LogP contribution in [0.1, 0.15) is 25.2 Å². The van der Waals surface area contributed by atoms with Crippen LogP contribution in [0.4, 0.5) is 9.18 Å². The fourth-order valence-corrected chi connectivity index (χ4v) is 3.68. The fraction of sp³-hybridized carbons (Fsp3) is 0.357. The quantitative estimate of drug-likeness (QED) is 0.906. The van der Waals surface area contributed by atoms with Gasteiger partial charge in [-0.05, 0) is 37.5 Å². The van der Waals surface area contributed by atoms with Crippen LogP contribution in [0.3, 0.4) is 0 Å². The second-order valence-corrected chi connectivity index (χ2v) is 6.48. The molecule has 0 atom stereocenters. The zero-order chi connectivity index (χ0) is 15.5. The van der Waals surface area contributed by atoms with E-state index >= 15 is 0 Å². The Hall–Kier alpha value is -2.15. The van der Waals surface area contributed by atoms with Crippen molar-refractivity contribution in [3.05, 3.63) is 34.9 Å². The molecule has 5 rings (SSSR count). The summed E-state index contributed by atoms with van der Waals surface area (Å²) in [5.74, 6) is 0.239. The minimum absolute atomic E-state index is 0.0357. The number of carboxylic acid groups (broad SMARTS) is 1. The van der Waals surface area contributed by atoms with Gasteiger partial charge in [0.05, 0.1) is 10.4 Å². The maximum absolute atomic E-state index is 13.5. The number of carbonyl (C=O) groups is 1. The largest absolute Gasteiger partial charge is 0.465 e. The topological polar surface area (TPSA) is 88.2 Å². The van der Waals surface area contributed by atoms with Gasteiger partial charge in [0.2, 0.25) is 11.7 Å². The Bertz CT molecular complexity index is 772. The molecule has 0 unspecified atom stereocenters. The van der Waals surface area contributed by atoms with Crippen molar-refractivity contribution in [1.82, 2.24) is 15.5 Å². The van der Waals surface area contributed by atoms with Crippen LogP contribution in [-0.4, -0.2) is 26.9 Å². The summed E-state index contributed by atoms with van der Waals surface area (Å²) in [6.45, 7) is 0. The summed E-state index contributed by atoms with van der Waals surface area (Å²) in [5.41, 5.74) is -0.0900. The average molecular weight is 324 g/mol. The monoisotopic (exact) mass is 323 g/mol. The van der Waals surface area contributed by atoms with Crippen molar-refractivity contribution >= 4 is 17.7 Å². The van der Waals surface area contributed by atoms with E-state index in [1.54, 1.807) is 6.07 Å². The van der Waals surface area contributed by atoms with Crippen LogP contribution in [0.25, 0.3) is 11.4 Å². The van der Waals surface area contributed by atoms with Gasteiger partial charge in [0.25, 0.3) is 0 Å². The lowest BCUT2D eigenvalue weighted by molar-refractivity contribution is -0.0998. The Morgan fingerprint density at radius 1 is 1.41 bits per heavy atom. The molecule has 22 heavy (non-hydrogen) atoms. The molecule has 1 aromatic heterocycles. The molecule has 3 saturated carbocycles. The molecule has 114 valence electrons. The summed E-state index contributed by atoms with van der Waals surface area (Å²) in [7, 11) is 0. The molecule has 0 saturated heterocycles. The molecular weight excluding hydrogens is 313 g/mol. The van der Waals surface area contributed by atoms with E-state index in [9.17, 15) is 9.18 Å². The highest BCUT2D eigenvalue weighted by Gasteiger charge is 2.72. The van der Waals surface area contributed by atoms with E-state index in [0.29, 0.717) is 36.5 Å². The molecule has 3 aliphatic rings. The number of hydrogen-bond donors (Lipinski definition) is 2. The summed E-state index contributed by atoms with van der Waals surface area (Å²) in [5, 5.41) is 15.2. The maximum atomic E-state index is 13.5. The SMILES string of the molecule is O=C(O)NC12CC(c3nc(-c4ccc(Cl)c(F)c4)no3)(C1)C2. The van der Waals surface area contributed by atoms with Gasteiger partial charge < -0.3 is 14.9 Å². The second-order valence-electron chi connectivity index (χ2n) is 6.07. The molecule has 6 nitrogen and oxygen atoms in total. The Morgan fingerprint density at radius 3 is 2.77 bits per heavy atom. The van der Waals surface area contributed by atoms with Gasteiger partial charge in [-0.3, -0.25) is 0 Å². The Balaban J connectivity index is 1.54. The van der Waals surface area contributed by atoms with Crippen molar-refractivity contribution in [3.63, 3.8) is 0 Å². The minimum atomic E-state index is -1.02. The smallest absolute Gasteiger partial charge is 0.405 e. The standard InChI is InChI=1S/C14H11ClFN3O3/c15-8-2-1-7(3-9(8)16)10-17-11(22-19-10)13-4-14(5-13,6-13)18-12(20)21/h1-3,18H,4-6H2,(H,20,21). The van der Waals surface area contributed by atoms with Crippen molar-refractivity contribution in [2.75, 3.05) is 0 Å². The average Bonchev–Trinajstić information content (AvgIpc) is 2.84. The van der Waals surface area contributed by atoms with Crippen molar-refractivity contribution in [2.45, 2.75) is 30.2 Å². The number of nitrogens with one attached hydrogen (secondary N) is 1. The van der Waals surface area contributed by atoms with Gasteiger partial charge in [0.1, 0.15) is 5.82 Å². The van der Waals surface area contributed by atoms with Crippen molar-refractivity contribution in [1.29, 1.82) is 0 Å². The molecule has 1 heterocycles. The number of aromatic nitrogens is 2. The van der Waals surface area contributed by atoms with E-state index in [1.165, 1.54) is 12.1 Å². The third-order valence-electron chi connectivity index (χ3n) is 4.46. The van der Waals surface area contributed by atoms with Crippen molar-refractivity contribution in [2.24, 2.45) is 0 Å². The Kier molecular flexibility index (Phi) is 2.57. The molecule has 0 spiro atoms. The lowest BCUT2D eigenvalue weighted by atomic mass is 9.39. The molecule has 0 radical (unpaired) electrons. The van der Waals surface area contributed by atoms with E-state index in [2.05, 4.69) is 15.5 Å². The molecule has 0 aliphatic heterocycles. The molecule has 3 fully saturated rings. The van der Waals surface area contributed by atoms with Crippen LogP contribution in [0.15, 0.2) is 22.7 Å². The van der Waals surface area contributed by atoms with Gasteiger partial charge in [-0.2, -0.15) is 4.98 Å². The van der Waals surface area contributed by atoms with Crippen LogP contribution in [0, 0.1) is 5.82 Å². The maximum Gasteiger partial charge on any atom is 0.405 e. The predicted octanol–water partition coefficient (Wildman–Crippen LogP) is 2.97. The van der Waals surface area contributed by atoms with Gasteiger partial charge >= 0.3 is 6.09 Å². The lowest BCUT2D eigenvalue weighted by Crippen LogP contribution is -2.76. The van der Waals surface area contributed by atoms with Crippen LogP contribution < -0.4 is 5.32 Å². The molecule has 2 N–H and O–H groups in total. The second kappa shape index (κ2) is 4.19. The van der Waals surface area contributed by atoms with E-state index in [4.69, 9.17) is 21.2 Å². The van der Waals surface area contributed by atoms with E-state index in [-0.39, 0.29) is 16.0 Å². The summed E-state index contributed by atoms with van der Waals surface area (Å²) < 4.78 is 18.8. The first-order chi connectivity index (χ1) is 10.4. The van der Waals surface area contributed by atoms with Crippen LogP contribution in [0.2, 0.25) is 5.02 Å². The van der Waals surface area contributed by atoms with Crippen molar-refractivity contribution < 1.29 is 18.8 Å². The molecular formula is C14H11ClFN3O3. The summed E-state index contributed by atoms with van der Waals surface area (Å²) >= 11 is 5.65. The van der Waals surface area contributed by atoms with Crippen molar-refractivity contribution in [3.8, 4) is 11.4 Å². The summed E-state index contributed by atoms with van der Waals surface area (Å²) in [6, 6.07) is 4.32.